The molecule has 0 spiro atoms. The van der Waals surface area contributed by atoms with Gasteiger partial charge in [-0.3, -0.25) is 4.79 Å². The van der Waals surface area contributed by atoms with Crippen LogP contribution in [0.4, 0.5) is 10.1 Å². The molecule has 1 N–H and O–H groups in total. The van der Waals surface area contributed by atoms with Crippen LogP contribution in [-0.2, 0) is 0 Å². The molecular formula is C14H14FN3OS. The second-order valence-electron chi connectivity index (χ2n) is 4.27. The van der Waals surface area contributed by atoms with Gasteiger partial charge in [-0.1, -0.05) is 11.8 Å². The Balaban J connectivity index is 2.24. The van der Waals surface area contributed by atoms with Gasteiger partial charge in [0.25, 0.3) is 5.91 Å². The highest BCUT2D eigenvalue weighted by molar-refractivity contribution is 7.98. The van der Waals surface area contributed by atoms with E-state index in [0.717, 1.165) is 0 Å². The number of thioether (sulfide) groups is 1. The summed E-state index contributed by atoms with van der Waals surface area (Å²) < 4.78 is 13.0. The van der Waals surface area contributed by atoms with Gasteiger partial charge in [0, 0.05) is 11.9 Å². The topological polar surface area (TPSA) is 54.9 Å². The molecule has 2 aromatic rings. The van der Waals surface area contributed by atoms with Gasteiger partial charge < -0.3 is 5.32 Å². The fraction of sp³-hybridized carbons (Fsp3) is 0.214. The Bertz CT molecular complexity index is 661. The average molecular weight is 291 g/mol. The Morgan fingerprint density at radius 2 is 2.10 bits per heavy atom. The van der Waals surface area contributed by atoms with E-state index in [0.29, 0.717) is 27.7 Å². The molecule has 104 valence electrons. The molecule has 0 aliphatic rings. The second kappa shape index (κ2) is 6.00. The zero-order valence-corrected chi connectivity index (χ0v) is 12.2. The van der Waals surface area contributed by atoms with Gasteiger partial charge in [-0.15, -0.1) is 0 Å². The van der Waals surface area contributed by atoms with Gasteiger partial charge in [-0.2, -0.15) is 0 Å². The first-order chi connectivity index (χ1) is 9.51. The quantitative estimate of drug-likeness (QED) is 0.697. The predicted molar refractivity (Wildman–Crippen MR) is 77.6 cm³/mol. The maximum absolute atomic E-state index is 13.0. The van der Waals surface area contributed by atoms with E-state index in [9.17, 15) is 9.18 Å². The molecule has 0 radical (unpaired) electrons. The maximum Gasteiger partial charge on any atom is 0.259 e. The van der Waals surface area contributed by atoms with Gasteiger partial charge in [0.1, 0.15) is 5.82 Å². The molecule has 2 rings (SSSR count). The van der Waals surface area contributed by atoms with Crippen LogP contribution in [0.3, 0.4) is 0 Å². The summed E-state index contributed by atoms with van der Waals surface area (Å²) in [5.74, 6) is -0.630. The highest BCUT2D eigenvalue weighted by Gasteiger charge is 2.13. The van der Waals surface area contributed by atoms with Crippen LogP contribution in [0.25, 0.3) is 0 Å². The van der Waals surface area contributed by atoms with Crippen LogP contribution in [-0.4, -0.2) is 22.1 Å². The zero-order chi connectivity index (χ0) is 14.7. The number of nitrogens with zero attached hydrogens (tertiary/aromatic N) is 2. The number of nitrogens with one attached hydrogen (secondary N) is 1. The Morgan fingerprint density at radius 1 is 1.35 bits per heavy atom. The van der Waals surface area contributed by atoms with Gasteiger partial charge in [0.15, 0.2) is 5.16 Å². The summed E-state index contributed by atoms with van der Waals surface area (Å²) in [6.07, 6.45) is 3.37. The Hall–Kier alpha value is -1.95. The highest BCUT2D eigenvalue weighted by Crippen LogP contribution is 2.18. The number of rotatable bonds is 3. The molecule has 4 nitrogen and oxygen atoms in total. The number of halogens is 1. The maximum atomic E-state index is 13.0. The standard InChI is InChI=1S/C14H14FN3OS/c1-8-6-10(15)4-5-12(8)18-13(19)11-7-16-14(20-3)17-9(11)2/h4-7H,1-3H3,(H,18,19). The first-order valence-electron chi connectivity index (χ1n) is 5.96. The van der Waals surface area contributed by atoms with Gasteiger partial charge in [0.05, 0.1) is 11.3 Å². The van der Waals surface area contributed by atoms with E-state index >= 15 is 0 Å². The van der Waals surface area contributed by atoms with Crippen LogP contribution in [0, 0.1) is 19.7 Å². The van der Waals surface area contributed by atoms with E-state index in [1.807, 2.05) is 6.26 Å². The third-order valence-electron chi connectivity index (χ3n) is 2.82. The van der Waals surface area contributed by atoms with Crippen molar-refractivity contribution in [2.24, 2.45) is 0 Å². The van der Waals surface area contributed by atoms with Crippen LogP contribution in [0.15, 0.2) is 29.6 Å². The molecule has 1 amide bonds. The minimum absolute atomic E-state index is 0.301. The molecule has 1 aromatic heterocycles. The number of benzene rings is 1. The van der Waals surface area contributed by atoms with Gasteiger partial charge in [-0.25, -0.2) is 14.4 Å². The van der Waals surface area contributed by atoms with Crippen LogP contribution in [0.5, 0.6) is 0 Å². The summed E-state index contributed by atoms with van der Waals surface area (Å²) >= 11 is 1.42. The lowest BCUT2D eigenvalue weighted by atomic mass is 10.1. The molecule has 0 saturated heterocycles. The van der Waals surface area contributed by atoms with E-state index in [4.69, 9.17) is 0 Å². The van der Waals surface area contributed by atoms with Crippen molar-refractivity contribution in [1.29, 1.82) is 0 Å². The van der Waals surface area contributed by atoms with Gasteiger partial charge in [-0.05, 0) is 43.9 Å². The highest BCUT2D eigenvalue weighted by atomic mass is 32.2. The minimum atomic E-state index is -0.329. The second-order valence-corrected chi connectivity index (χ2v) is 5.04. The number of carbonyl (C=O) groups excluding carboxylic acids is 1. The van der Waals surface area contributed by atoms with Gasteiger partial charge in [0.2, 0.25) is 0 Å². The van der Waals surface area contributed by atoms with Crippen molar-refractivity contribution in [2.75, 3.05) is 11.6 Å². The molecule has 0 unspecified atom stereocenters. The molecule has 0 bridgehead atoms. The number of hydrogen-bond acceptors (Lipinski definition) is 4. The molecule has 0 aliphatic carbocycles. The molecule has 1 heterocycles. The van der Waals surface area contributed by atoms with Crippen molar-refractivity contribution in [3.63, 3.8) is 0 Å². The van der Waals surface area contributed by atoms with Crippen molar-refractivity contribution in [3.05, 3.63) is 47.0 Å². The zero-order valence-electron chi connectivity index (χ0n) is 11.4. The Labute approximate surface area is 120 Å². The van der Waals surface area contributed by atoms with Crippen LogP contribution in [0.2, 0.25) is 0 Å². The fourth-order valence-electron chi connectivity index (χ4n) is 1.72. The number of hydrogen-bond donors (Lipinski definition) is 1. The summed E-state index contributed by atoms with van der Waals surface area (Å²) in [6.45, 7) is 3.49. The van der Waals surface area contributed by atoms with Crippen LogP contribution in [0.1, 0.15) is 21.6 Å². The molecule has 0 atom stereocenters. The summed E-state index contributed by atoms with van der Waals surface area (Å²) in [4.78, 5) is 20.5. The fourth-order valence-corrected chi connectivity index (χ4v) is 2.11. The molecule has 20 heavy (non-hydrogen) atoms. The third-order valence-corrected chi connectivity index (χ3v) is 3.38. The van der Waals surface area contributed by atoms with E-state index in [1.165, 1.54) is 36.2 Å². The molecule has 6 heteroatoms. The van der Waals surface area contributed by atoms with Crippen molar-refractivity contribution >= 4 is 23.4 Å². The lowest BCUT2D eigenvalue weighted by Crippen LogP contribution is -2.15. The molecular weight excluding hydrogens is 277 g/mol. The average Bonchev–Trinajstić information content (AvgIpc) is 2.41. The van der Waals surface area contributed by atoms with E-state index in [-0.39, 0.29) is 11.7 Å². The van der Waals surface area contributed by atoms with Crippen molar-refractivity contribution in [1.82, 2.24) is 9.97 Å². The van der Waals surface area contributed by atoms with E-state index in [2.05, 4.69) is 15.3 Å². The summed E-state index contributed by atoms with van der Waals surface area (Å²) in [5, 5.41) is 3.36. The minimum Gasteiger partial charge on any atom is -0.322 e. The largest absolute Gasteiger partial charge is 0.322 e. The van der Waals surface area contributed by atoms with Crippen molar-refractivity contribution < 1.29 is 9.18 Å². The lowest BCUT2D eigenvalue weighted by molar-refractivity contribution is 0.102. The summed E-state index contributed by atoms with van der Waals surface area (Å²) in [7, 11) is 0. The molecule has 0 saturated carbocycles. The Kier molecular flexibility index (Phi) is 4.34. The SMILES string of the molecule is CSc1ncc(C(=O)Nc2ccc(F)cc2C)c(C)n1. The summed E-state index contributed by atoms with van der Waals surface area (Å²) in [6, 6.07) is 4.22. The Morgan fingerprint density at radius 3 is 2.70 bits per heavy atom. The first kappa shape index (κ1) is 14.5. The number of aromatic nitrogens is 2. The molecule has 0 aliphatic heterocycles. The van der Waals surface area contributed by atoms with Crippen LogP contribution >= 0.6 is 11.8 Å². The van der Waals surface area contributed by atoms with E-state index in [1.54, 1.807) is 13.8 Å². The predicted octanol–water partition coefficient (Wildman–Crippen LogP) is 3.21. The third kappa shape index (κ3) is 3.14. The van der Waals surface area contributed by atoms with Crippen LogP contribution < -0.4 is 5.32 Å². The van der Waals surface area contributed by atoms with Crippen molar-refractivity contribution in [3.8, 4) is 0 Å². The number of anilines is 1. The van der Waals surface area contributed by atoms with Gasteiger partial charge >= 0.3 is 0 Å². The molecule has 1 aromatic carbocycles. The monoisotopic (exact) mass is 291 g/mol. The number of carbonyl (C=O) groups is 1. The summed E-state index contributed by atoms with van der Waals surface area (Å²) in [5.41, 5.74) is 2.26. The first-order valence-corrected chi connectivity index (χ1v) is 7.19. The number of aryl methyl sites for hydroxylation is 2. The number of amides is 1. The normalized spacial score (nSPS) is 10.4. The van der Waals surface area contributed by atoms with Crippen molar-refractivity contribution in [2.45, 2.75) is 19.0 Å². The lowest BCUT2D eigenvalue weighted by Gasteiger charge is -2.10. The molecule has 0 fully saturated rings. The van der Waals surface area contributed by atoms with E-state index < -0.39 is 0 Å². The smallest absolute Gasteiger partial charge is 0.259 e.